The molecule has 0 amide bonds. The Bertz CT molecular complexity index is 176. The van der Waals surface area contributed by atoms with Gasteiger partial charge in [0.15, 0.2) is 0 Å². The van der Waals surface area contributed by atoms with E-state index in [1.807, 2.05) is 12.2 Å². The van der Waals surface area contributed by atoms with Crippen LogP contribution in [-0.2, 0) is 0 Å². The summed E-state index contributed by atoms with van der Waals surface area (Å²) < 4.78 is 0. The smallest absolute Gasteiger partial charge is 0.00778 e. The highest BCUT2D eigenvalue weighted by atomic mass is 14.2. The molecule has 0 bridgehead atoms. The van der Waals surface area contributed by atoms with Crippen LogP contribution in [0.25, 0.3) is 0 Å². The normalized spacial score (nSPS) is 11.9. The Morgan fingerprint density at radius 3 is 2.14 bits per heavy atom. The highest BCUT2D eigenvalue weighted by Gasteiger charge is 2.16. The molecular formula is C14H24. The summed E-state index contributed by atoms with van der Waals surface area (Å²) >= 11 is 0. The predicted octanol–water partition coefficient (Wildman–Crippen LogP) is 4.89. The minimum absolute atomic E-state index is 0.233. The van der Waals surface area contributed by atoms with Crippen molar-refractivity contribution in [3.8, 4) is 0 Å². The maximum Gasteiger partial charge on any atom is -0.00778 e. The average Bonchev–Trinajstić information content (AvgIpc) is 2.13. The molecule has 0 aromatic carbocycles. The van der Waals surface area contributed by atoms with Gasteiger partial charge < -0.3 is 0 Å². The molecule has 0 heteroatoms. The molecule has 0 aromatic heterocycles. The standard InChI is InChI=1S/C14H24/c1-5-8-9-10-13-14(4,11-6-2)12-7-3/h6-7,10,13H,2-3,5,8-9,11-12H2,1,4H3/b13-10+. The van der Waals surface area contributed by atoms with Gasteiger partial charge in [-0.2, -0.15) is 0 Å². The molecule has 14 heavy (non-hydrogen) atoms. The number of hydrogen-bond donors (Lipinski definition) is 0. The van der Waals surface area contributed by atoms with Crippen LogP contribution in [-0.4, -0.2) is 0 Å². The number of rotatable bonds is 8. The van der Waals surface area contributed by atoms with Crippen molar-refractivity contribution in [1.29, 1.82) is 0 Å². The summed E-state index contributed by atoms with van der Waals surface area (Å²) in [6, 6.07) is 0. The van der Waals surface area contributed by atoms with Crippen LogP contribution in [0, 0.1) is 5.41 Å². The maximum atomic E-state index is 3.80. The van der Waals surface area contributed by atoms with E-state index >= 15 is 0 Å². The van der Waals surface area contributed by atoms with Crippen LogP contribution < -0.4 is 0 Å². The van der Waals surface area contributed by atoms with Gasteiger partial charge in [-0.15, -0.1) is 13.2 Å². The minimum Gasteiger partial charge on any atom is -0.103 e. The fraction of sp³-hybridized carbons (Fsp3) is 0.571. The number of allylic oxidation sites excluding steroid dienone is 4. The van der Waals surface area contributed by atoms with E-state index in [0.717, 1.165) is 12.8 Å². The summed E-state index contributed by atoms with van der Waals surface area (Å²) in [5.41, 5.74) is 0.233. The molecule has 0 radical (unpaired) electrons. The maximum absolute atomic E-state index is 3.80. The van der Waals surface area contributed by atoms with Crippen LogP contribution in [0.4, 0.5) is 0 Å². The van der Waals surface area contributed by atoms with Gasteiger partial charge in [-0.25, -0.2) is 0 Å². The molecule has 0 nitrogen and oxygen atoms in total. The zero-order valence-corrected chi connectivity index (χ0v) is 9.76. The molecule has 0 spiro atoms. The summed E-state index contributed by atoms with van der Waals surface area (Å²) in [4.78, 5) is 0. The van der Waals surface area contributed by atoms with Crippen molar-refractivity contribution in [2.24, 2.45) is 5.41 Å². The molecule has 0 aliphatic rings. The molecule has 0 saturated carbocycles. The molecule has 0 aliphatic carbocycles. The first-order valence-corrected chi connectivity index (χ1v) is 5.58. The van der Waals surface area contributed by atoms with Gasteiger partial charge in [0.2, 0.25) is 0 Å². The van der Waals surface area contributed by atoms with Gasteiger partial charge >= 0.3 is 0 Å². The monoisotopic (exact) mass is 192 g/mol. The summed E-state index contributed by atoms with van der Waals surface area (Å²) in [6.07, 6.45) is 14.4. The first-order chi connectivity index (χ1) is 6.68. The highest BCUT2D eigenvalue weighted by molar-refractivity contribution is 5.03. The molecular weight excluding hydrogens is 168 g/mol. The Morgan fingerprint density at radius 2 is 1.71 bits per heavy atom. The molecule has 0 unspecified atom stereocenters. The van der Waals surface area contributed by atoms with E-state index in [2.05, 4.69) is 39.2 Å². The van der Waals surface area contributed by atoms with E-state index < -0.39 is 0 Å². The lowest BCUT2D eigenvalue weighted by Gasteiger charge is -2.22. The number of unbranched alkanes of at least 4 members (excludes halogenated alkanes) is 2. The van der Waals surface area contributed by atoms with Crippen LogP contribution in [0.2, 0.25) is 0 Å². The fourth-order valence-electron chi connectivity index (χ4n) is 1.57. The van der Waals surface area contributed by atoms with E-state index in [9.17, 15) is 0 Å². The third-order valence-corrected chi connectivity index (χ3v) is 2.47. The molecule has 0 fully saturated rings. The Morgan fingerprint density at radius 1 is 1.14 bits per heavy atom. The third kappa shape index (κ3) is 5.80. The zero-order chi connectivity index (χ0) is 10.9. The van der Waals surface area contributed by atoms with E-state index in [0.29, 0.717) is 0 Å². The van der Waals surface area contributed by atoms with Crippen molar-refractivity contribution >= 4 is 0 Å². The molecule has 0 aliphatic heterocycles. The van der Waals surface area contributed by atoms with Crippen LogP contribution in [0.15, 0.2) is 37.5 Å². The van der Waals surface area contributed by atoms with E-state index in [1.54, 1.807) is 0 Å². The zero-order valence-electron chi connectivity index (χ0n) is 9.76. The lowest BCUT2D eigenvalue weighted by molar-refractivity contribution is 0.439. The van der Waals surface area contributed by atoms with Crippen molar-refractivity contribution in [2.75, 3.05) is 0 Å². The molecule has 0 aromatic rings. The van der Waals surface area contributed by atoms with Gasteiger partial charge in [-0.3, -0.25) is 0 Å². The number of hydrogen-bond acceptors (Lipinski definition) is 0. The second-order valence-corrected chi connectivity index (χ2v) is 4.18. The van der Waals surface area contributed by atoms with Gasteiger partial charge in [0, 0.05) is 0 Å². The van der Waals surface area contributed by atoms with Crippen LogP contribution in [0.1, 0.15) is 46.0 Å². The Hall–Kier alpha value is -0.780. The first-order valence-electron chi connectivity index (χ1n) is 5.58. The lowest BCUT2D eigenvalue weighted by Crippen LogP contribution is -2.10. The quantitative estimate of drug-likeness (QED) is 0.379. The second-order valence-electron chi connectivity index (χ2n) is 4.18. The van der Waals surface area contributed by atoms with Crippen molar-refractivity contribution in [3.05, 3.63) is 37.5 Å². The first kappa shape index (κ1) is 13.2. The largest absolute Gasteiger partial charge is 0.103 e. The Kier molecular flexibility index (Phi) is 7.18. The summed E-state index contributed by atoms with van der Waals surface area (Å²) in [5.74, 6) is 0. The van der Waals surface area contributed by atoms with Crippen molar-refractivity contribution in [1.82, 2.24) is 0 Å². The molecule has 0 heterocycles. The third-order valence-electron chi connectivity index (χ3n) is 2.47. The Labute approximate surface area is 89.4 Å². The van der Waals surface area contributed by atoms with Crippen molar-refractivity contribution in [3.63, 3.8) is 0 Å². The Balaban J connectivity index is 4.12. The molecule has 0 atom stereocenters. The van der Waals surface area contributed by atoms with Crippen LogP contribution in [0.5, 0.6) is 0 Å². The van der Waals surface area contributed by atoms with Gasteiger partial charge in [0.25, 0.3) is 0 Å². The summed E-state index contributed by atoms with van der Waals surface area (Å²) in [6.45, 7) is 12.1. The molecule has 0 N–H and O–H groups in total. The molecule has 0 saturated heterocycles. The predicted molar refractivity (Wildman–Crippen MR) is 66.4 cm³/mol. The van der Waals surface area contributed by atoms with Gasteiger partial charge in [-0.05, 0) is 24.7 Å². The average molecular weight is 192 g/mol. The summed E-state index contributed by atoms with van der Waals surface area (Å²) in [5, 5.41) is 0. The molecule has 80 valence electrons. The highest BCUT2D eigenvalue weighted by Crippen LogP contribution is 2.28. The van der Waals surface area contributed by atoms with Crippen molar-refractivity contribution < 1.29 is 0 Å². The minimum atomic E-state index is 0.233. The van der Waals surface area contributed by atoms with Crippen LogP contribution >= 0.6 is 0 Å². The van der Waals surface area contributed by atoms with Crippen LogP contribution in [0.3, 0.4) is 0 Å². The SMILES string of the molecule is C=CCC(C)(/C=C/CCCC)CC=C. The molecule has 0 rings (SSSR count). The summed E-state index contributed by atoms with van der Waals surface area (Å²) in [7, 11) is 0. The van der Waals surface area contributed by atoms with Crippen molar-refractivity contribution in [2.45, 2.75) is 46.0 Å². The fourth-order valence-corrected chi connectivity index (χ4v) is 1.57. The topological polar surface area (TPSA) is 0 Å². The van der Waals surface area contributed by atoms with Gasteiger partial charge in [0.1, 0.15) is 0 Å². The lowest BCUT2D eigenvalue weighted by atomic mass is 9.83. The van der Waals surface area contributed by atoms with E-state index in [1.165, 1.54) is 19.3 Å². The van der Waals surface area contributed by atoms with Gasteiger partial charge in [-0.1, -0.05) is 51.0 Å². The second kappa shape index (κ2) is 7.61. The van der Waals surface area contributed by atoms with E-state index in [-0.39, 0.29) is 5.41 Å². The van der Waals surface area contributed by atoms with E-state index in [4.69, 9.17) is 0 Å². The van der Waals surface area contributed by atoms with Gasteiger partial charge in [0.05, 0.1) is 0 Å².